The maximum atomic E-state index is 4.11. The first-order chi connectivity index (χ1) is 11.2. The van der Waals surface area contributed by atoms with Gasteiger partial charge in [0.1, 0.15) is 6.04 Å². The molecule has 0 radical (unpaired) electrons. The SMILES string of the molecule is Brc1ccc([C@@H]2C=C(c3cccc(Br)c3)Nc3nnnn32)cc1. The first-order valence-corrected chi connectivity index (χ1v) is 8.57. The number of anilines is 1. The molecule has 1 aliphatic heterocycles. The first kappa shape index (κ1) is 14.6. The lowest BCUT2D eigenvalue weighted by Crippen LogP contribution is -2.20. The minimum absolute atomic E-state index is 0.0525. The van der Waals surface area contributed by atoms with Crippen molar-refractivity contribution in [3.05, 3.63) is 74.7 Å². The van der Waals surface area contributed by atoms with Gasteiger partial charge in [0, 0.05) is 14.6 Å². The maximum absolute atomic E-state index is 4.11. The summed E-state index contributed by atoms with van der Waals surface area (Å²) in [5.74, 6) is 0.635. The Labute approximate surface area is 149 Å². The molecule has 0 amide bonds. The van der Waals surface area contributed by atoms with Crippen molar-refractivity contribution in [3.8, 4) is 0 Å². The third kappa shape index (κ3) is 2.82. The molecule has 2 heterocycles. The minimum Gasteiger partial charge on any atom is -0.323 e. The van der Waals surface area contributed by atoms with E-state index in [1.807, 2.05) is 24.3 Å². The molecule has 5 nitrogen and oxygen atoms in total. The Bertz CT molecular complexity index is 885. The number of benzene rings is 2. The van der Waals surface area contributed by atoms with Crippen molar-refractivity contribution in [1.29, 1.82) is 0 Å². The smallest absolute Gasteiger partial charge is 0.248 e. The Hall–Kier alpha value is -1.99. The van der Waals surface area contributed by atoms with Crippen LogP contribution in [0.15, 0.2) is 63.6 Å². The minimum atomic E-state index is -0.0525. The number of nitrogens with one attached hydrogen (secondary N) is 1. The lowest BCUT2D eigenvalue weighted by Gasteiger charge is -2.23. The number of aromatic nitrogens is 4. The highest BCUT2D eigenvalue weighted by Gasteiger charge is 2.24. The van der Waals surface area contributed by atoms with E-state index in [2.05, 4.69) is 83.0 Å². The third-order valence-corrected chi connectivity index (χ3v) is 4.70. The van der Waals surface area contributed by atoms with Crippen molar-refractivity contribution >= 4 is 43.5 Å². The molecule has 0 saturated carbocycles. The van der Waals surface area contributed by atoms with Crippen LogP contribution in [-0.2, 0) is 0 Å². The third-order valence-electron chi connectivity index (χ3n) is 3.67. The standard InChI is InChI=1S/C16H11Br2N5/c17-12-6-4-10(5-7-12)15-9-14(11-2-1-3-13(18)8-11)19-16-20-21-22-23(15)16/h1-9,15H,(H,19,20,22)/t15-/m0/s1. The molecule has 1 N–H and O–H groups in total. The van der Waals surface area contributed by atoms with Crippen LogP contribution in [0.1, 0.15) is 17.2 Å². The number of hydrogen-bond acceptors (Lipinski definition) is 4. The number of nitrogens with zero attached hydrogens (tertiary/aromatic N) is 4. The van der Waals surface area contributed by atoms with Gasteiger partial charge in [0.25, 0.3) is 0 Å². The van der Waals surface area contributed by atoms with Crippen LogP contribution in [0.2, 0.25) is 0 Å². The average molecular weight is 433 g/mol. The van der Waals surface area contributed by atoms with E-state index in [0.717, 1.165) is 25.8 Å². The summed E-state index contributed by atoms with van der Waals surface area (Å²) < 4.78 is 3.86. The molecular weight excluding hydrogens is 422 g/mol. The van der Waals surface area contributed by atoms with Crippen LogP contribution >= 0.6 is 31.9 Å². The second-order valence-electron chi connectivity index (χ2n) is 5.16. The van der Waals surface area contributed by atoms with Crippen LogP contribution in [0.3, 0.4) is 0 Å². The van der Waals surface area contributed by atoms with Crippen molar-refractivity contribution in [2.24, 2.45) is 0 Å². The summed E-state index contributed by atoms with van der Waals surface area (Å²) in [4.78, 5) is 0. The zero-order chi connectivity index (χ0) is 15.8. The fourth-order valence-corrected chi connectivity index (χ4v) is 3.24. The summed E-state index contributed by atoms with van der Waals surface area (Å²) in [7, 11) is 0. The van der Waals surface area contributed by atoms with E-state index in [0.29, 0.717) is 5.95 Å². The molecule has 0 bridgehead atoms. The Morgan fingerprint density at radius 3 is 2.61 bits per heavy atom. The lowest BCUT2D eigenvalue weighted by molar-refractivity contribution is 0.586. The van der Waals surface area contributed by atoms with Gasteiger partial charge in [0.2, 0.25) is 5.95 Å². The lowest BCUT2D eigenvalue weighted by atomic mass is 10.0. The second-order valence-corrected chi connectivity index (χ2v) is 6.99. The van der Waals surface area contributed by atoms with Gasteiger partial charge in [-0.15, -0.1) is 0 Å². The summed E-state index contributed by atoms with van der Waals surface area (Å²) in [5, 5.41) is 15.3. The molecular formula is C16H11Br2N5. The summed E-state index contributed by atoms with van der Waals surface area (Å²) in [5.41, 5.74) is 3.19. The van der Waals surface area contributed by atoms with E-state index in [1.165, 1.54) is 0 Å². The number of halogens is 2. The molecule has 1 aliphatic rings. The molecule has 2 aromatic carbocycles. The van der Waals surface area contributed by atoms with E-state index in [-0.39, 0.29) is 6.04 Å². The van der Waals surface area contributed by atoms with Crippen molar-refractivity contribution in [1.82, 2.24) is 20.2 Å². The maximum Gasteiger partial charge on any atom is 0.248 e. The average Bonchev–Trinajstić information content (AvgIpc) is 3.03. The van der Waals surface area contributed by atoms with E-state index >= 15 is 0 Å². The molecule has 0 fully saturated rings. The number of hydrogen-bond donors (Lipinski definition) is 1. The molecule has 114 valence electrons. The molecule has 0 spiro atoms. The van der Waals surface area contributed by atoms with Gasteiger partial charge in [0.05, 0.1) is 0 Å². The van der Waals surface area contributed by atoms with Crippen LogP contribution in [0.25, 0.3) is 5.70 Å². The van der Waals surface area contributed by atoms with Crippen LogP contribution in [0.5, 0.6) is 0 Å². The number of fused-ring (bicyclic) bond motifs is 1. The second kappa shape index (κ2) is 5.90. The highest BCUT2D eigenvalue weighted by atomic mass is 79.9. The van der Waals surface area contributed by atoms with Crippen molar-refractivity contribution in [3.63, 3.8) is 0 Å². The molecule has 0 saturated heterocycles. The van der Waals surface area contributed by atoms with Gasteiger partial charge in [-0.1, -0.05) is 61.2 Å². The van der Waals surface area contributed by atoms with Gasteiger partial charge in [0.15, 0.2) is 0 Å². The largest absolute Gasteiger partial charge is 0.323 e. The van der Waals surface area contributed by atoms with Crippen LogP contribution in [-0.4, -0.2) is 20.2 Å². The van der Waals surface area contributed by atoms with Gasteiger partial charge in [-0.05, 0) is 51.9 Å². The number of tetrazole rings is 1. The van der Waals surface area contributed by atoms with E-state index in [4.69, 9.17) is 0 Å². The normalized spacial score (nSPS) is 16.4. The number of rotatable bonds is 2. The fourth-order valence-electron chi connectivity index (χ4n) is 2.58. The fraction of sp³-hybridized carbons (Fsp3) is 0.0625. The topological polar surface area (TPSA) is 55.6 Å². The van der Waals surface area contributed by atoms with E-state index in [1.54, 1.807) is 4.68 Å². The highest BCUT2D eigenvalue weighted by molar-refractivity contribution is 9.10. The quantitative estimate of drug-likeness (QED) is 0.657. The van der Waals surface area contributed by atoms with E-state index in [9.17, 15) is 0 Å². The van der Waals surface area contributed by atoms with Gasteiger partial charge in [-0.2, -0.15) is 4.68 Å². The highest BCUT2D eigenvalue weighted by Crippen LogP contribution is 2.32. The Morgan fingerprint density at radius 1 is 1.00 bits per heavy atom. The number of allylic oxidation sites excluding steroid dienone is 1. The van der Waals surface area contributed by atoms with Crippen molar-refractivity contribution < 1.29 is 0 Å². The molecule has 0 unspecified atom stereocenters. The molecule has 1 atom stereocenters. The van der Waals surface area contributed by atoms with Crippen LogP contribution in [0, 0.1) is 0 Å². The van der Waals surface area contributed by atoms with Crippen molar-refractivity contribution in [2.45, 2.75) is 6.04 Å². The summed E-state index contributed by atoms with van der Waals surface area (Å²) in [6.07, 6.45) is 2.13. The van der Waals surface area contributed by atoms with Crippen molar-refractivity contribution in [2.75, 3.05) is 5.32 Å². The zero-order valence-electron chi connectivity index (χ0n) is 11.8. The predicted molar refractivity (Wildman–Crippen MR) is 95.8 cm³/mol. The molecule has 1 aromatic heterocycles. The van der Waals surface area contributed by atoms with Crippen LogP contribution in [0.4, 0.5) is 5.95 Å². The predicted octanol–water partition coefficient (Wildman–Crippen LogP) is 4.25. The van der Waals surface area contributed by atoms with E-state index < -0.39 is 0 Å². The summed E-state index contributed by atoms with van der Waals surface area (Å²) in [6.45, 7) is 0. The monoisotopic (exact) mass is 431 g/mol. The Morgan fingerprint density at radius 2 is 1.83 bits per heavy atom. The molecule has 0 aliphatic carbocycles. The summed E-state index contributed by atoms with van der Waals surface area (Å²) in [6, 6.07) is 16.3. The summed E-state index contributed by atoms with van der Waals surface area (Å²) >= 11 is 6.99. The molecule has 3 aromatic rings. The Balaban J connectivity index is 1.81. The first-order valence-electron chi connectivity index (χ1n) is 6.99. The van der Waals surface area contributed by atoms with Gasteiger partial charge in [-0.3, -0.25) is 0 Å². The van der Waals surface area contributed by atoms with Gasteiger partial charge in [-0.25, -0.2) is 0 Å². The van der Waals surface area contributed by atoms with Crippen LogP contribution < -0.4 is 5.32 Å². The van der Waals surface area contributed by atoms with Gasteiger partial charge < -0.3 is 5.32 Å². The van der Waals surface area contributed by atoms with Gasteiger partial charge >= 0.3 is 0 Å². The zero-order valence-corrected chi connectivity index (χ0v) is 15.0. The molecule has 4 rings (SSSR count). The molecule has 23 heavy (non-hydrogen) atoms. The molecule has 7 heteroatoms. The Kier molecular flexibility index (Phi) is 3.74.